The minimum atomic E-state index is -3.04. The summed E-state index contributed by atoms with van der Waals surface area (Å²) in [4.78, 5) is 0. The lowest BCUT2D eigenvalue weighted by atomic mass is 10.1. The van der Waals surface area contributed by atoms with Gasteiger partial charge in [-0.25, -0.2) is 12.7 Å². The van der Waals surface area contributed by atoms with Crippen molar-refractivity contribution in [1.29, 1.82) is 0 Å². The molecule has 0 unspecified atom stereocenters. The van der Waals surface area contributed by atoms with E-state index >= 15 is 0 Å². The number of benzene rings is 1. The molecule has 1 saturated heterocycles. The molecule has 0 bridgehead atoms. The average Bonchev–Trinajstić information content (AvgIpc) is 2.90. The zero-order valence-electron chi connectivity index (χ0n) is 12.0. The van der Waals surface area contributed by atoms with Gasteiger partial charge in [0.15, 0.2) is 0 Å². The predicted molar refractivity (Wildman–Crippen MR) is 79.9 cm³/mol. The van der Waals surface area contributed by atoms with E-state index in [0.29, 0.717) is 38.6 Å². The monoisotopic (exact) mass is 297 g/mol. The van der Waals surface area contributed by atoms with Crippen molar-refractivity contribution in [2.24, 2.45) is 5.92 Å². The van der Waals surface area contributed by atoms with Crippen LogP contribution in [0.2, 0.25) is 0 Å². The highest BCUT2D eigenvalue weighted by Gasteiger charge is 2.30. The Morgan fingerprint density at radius 2 is 2.05 bits per heavy atom. The first kappa shape index (κ1) is 15.5. The molecule has 0 amide bonds. The van der Waals surface area contributed by atoms with Crippen LogP contribution in [-0.4, -0.2) is 38.2 Å². The third-order valence-electron chi connectivity index (χ3n) is 3.57. The van der Waals surface area contributed by atoms with Crippen LogP contribution in [0.1, 0.15) is 25.3 Å². The zero-order chi connectivity index (χ0) is 14.4. The Hall–Kier alpha value is -0.910. The van der Waals surface area contributed by atoms with E-state index in [2.05, 4.69) is 0 Å². The maximum atomic E-state index is 12.0. The van der Waals surface area contributed by atoms with Crippen molar-refractivity contribution in [2.75, 3.05) is 25.4 Å². The SMILES string of the molecule is CCCS(=O)(=O)N1CC[C@H](COCc2ccccc2)C1. The fourth-order valence-corrected chi connectivity index (χ4v) is 4.09. The standard InChI is InChI=1S/C15H23NO3S/c1-2-10-20(17,18)16-9-8-15(11-16)13-19-12-14-6-4-3-5-7-14/h3-7,15H,2,8-13H2,1H3/t15-/m0/s1. The zero-order valence-corrected chi connectivity index (χ0v) is 12.8. The summed E-state index contributed by atoms with van der Waals surface area (Å²) in [5, 5.41) is 0. The molecule has 0 N–H and O–H groups in total. The minimum Gasteiger partial charge on any atom is -0.376 e. The van der Waals surface area contributed by atoms with Gasteiger partial charge in [-0.3, -0.25) is 0 Å². The second-order valence-corrected chi connectivity index (χ2v) is 7.42. The van der Waals surface area contributed by atoms with Crippen LogP contribution in [-0.2, 0) is 21.4 Å². The molecule has 1 aliphatic heterocycles. The Bertz CT molecular complexity index is 501. The third kappa shape index (κ3) is 4.30. The van der Waals surface area contributed by atoms with Gasteiger partial charge >= 0.3 is 0 Å². The van der Waals surface area contributed by atoms with Gasteiger partial charge in [0.1, 0.15) is 0 Å². The van der Waals surface area contributed by atoms with E-state index in [9.17, 15) is 8.42 Å². The van der Waals surface area contributed by atoms with Crippen molar-refractivity contribution < 1.29 is 13.2 Å². The van der Waals surface area contributed by atoms with Crippen LogP contribution in [0.5, 0.6) is 0 Å². The Morgan fingerprint density at radius 3 is 2.75 bits per heavy atom. The highest BCUT2D eigenvalue weighted by Crippen LogP contribution is 2.20. The van der Waals surface area contributed by atoms with Crippen molar-refractivity contribution in [3.8, 4) is 0 Å². The van der Waals surface area contributed by atoms with E-state index in [1.54, 1.807) is 4.31 Å². The fourth-order valence-electron chi connectivity index (χ4n) is 2.49. The maximum Gasteiger partial charge on any atom is 0.214 e. The summed E-state index contributed by atoms with van der Waals surface area (Å²) < 4.78 is 31.2. The van der Waals surface area contributed by atoms with E-state index < -0.39 is 10.0 Å². The minimum absolute atomic E-state index is 0.255. The topological polar surface area (TPSA) is 46.6 Å². The molecule has 20 heavy (non-hydrogen) atoms. The molecular weight excluding hydrogens is 274 g/mol. The van der Waals surface area contributed by atoms with Crippen LogP contribution in [0, 0.1) is 5.92 Å². The van der Waals surface area contributed by atoms with Crippen molar-refractivity contribution in [3.63, 3.8) is 0 Å². The van der Waals surface area contributed by atoms with Gasteiger partial charge in [0.25, 0.3) is 0 Å². The van der Waals surface area contributed by atoms with Crippen molar-refractivity contribution in [1.82, 2.24) is 4.31 Å². The van der Waals surface area contributed by atoms with Crippen LogP contribution in [0.15, 0.2) is 30.3 Å². The first-order chi connectivity index (χ1) is 9.62. The number of rotatable bonds is 7. The van der Waals surface area contributed by atoms with Crippen LogP contribution >= 0.6 is 0 Å². The summed E-state index contributed by atoms with van der Waals surface area (Å²) in [5.41, 5.74) is 1.15. The number of sulfonamides is 1. The molecule has 0 saturated carbocycles. The molecule has 0 aromatic heterocycles. The lowest BCUT2D eigenvalue weighted by Crippen LogP contribution is -2.31. The molecule has 112 valence electrons. The van der Waals surface area contributed by atoms with E-state index in [1.165, 1.54) is 0 Å². The predicted octanol–water partition coefficient (Wildman–Crippen LogP) is 2.26. The number of hydrogen-bond acceptors (Lipinski definition) is 3. The second-order valence-electron chi connectivity index (χ2n) is 5.33. The van der Waals surface area contributed by atoms with E-state index in [-0.39, 0.29) is 5.75 Å². The molecule has 5 heteroatoms. The van der Waals surface area contributed by atoms with E-state index in [1.807, 2.05) is 37.3 Å². The summed E-state index contributed by atoms with van der Waals surface area (Å²) in [6.45, 7) is 4.37. The van der Waals surface area contributed by atoms with Crippen LogP contribution in [0.3, 0.4) is 0 Å². The molecule has 1 fully saturated rings. The lowest BCUT2D eigenvalue weighted by Gasteiger charge is -2.16. The van der Waals surface area contributed by atoms with Crippen LogP contribution < -0.4 is 0 Å². The Kier molecular flexibility index (Phi) is 5.57. The molecule has 1 aliphatic rings. The average molecular weight is 297 g/mol. The normalized spacial score (nSPS) is 20.4. The highest BCUT2D eigenvalue weighted by molar-refractivity contribution is 7.89. The maximum absolute atomic E-state index is 12.0. The Morgan fingerprint density at radius 1 is 1.30 bits per heavy atom. The Balaban J connectivity index is 1.74. The van der Waals surface area contributed by atoms with Crippen LogP contribution in [0.25, 0.3) is 0 Å². The highest BCUT2D eigenvalue weighted by atomic mass is 32.2. The third-order valence-corrected chi connectivity index (χ3v) is 5.61. The summed E-state index contributed by atoms with van der Waals surface area (Å²) in [5.74, 6) is 0.579. The van der Waals surface area contributed by atoms with E-state index in [0.717, 1.165) is 12.0 Å². The molecule has 2 rings (SSSR count). The smallest absolute Gasteiger partial charge is 0.214 e. The van der Waals surface area contributed by atoms with Crippen LogP contribution in [0.4, 0.5) is 0 Å². The van der Waals surface area contributed by atoms with Gasteiger partial charge < -0.3 is 4.74 Å². The molecule has 1 aromatic rings. The number of nitrogens with zero attached hydrogens (tertiary/aromatic N) is 1. The molecule has 4 nitrogen and oxygen atoms in total. The van der Waals surface area contributed by atoms with Gasteiger partial charge in [-0.05, 0) is 24.3 Å². The van der Waals surface area contributed by atoms with Crippen molar-refractivity contribution >= 4 is 10.0 Å². The van der Waals surface area contributed by atoms with Gasteiger partial charge in [0.2, 0.25) is 10.0 Å². The molecule has 1 atom stereocenters. The summed E-state index contributed by atoms with van der Waals surface area (Å²) >= 11 is 0. The summed E-state index contributed by atoms with van der Waals surface area (Å²) in [6, 6.07) is 10.0. The van der Waals surface area contributed by atoms with Crippen molar-refractivity contribution in [2.45, 2.75) is 26.4 Å². The summed E-state index contributed by atoms with van der Waals surface area (Å²) in [6.07, 6.45) is 1.58. The van der Waals surface area contributed by atoms with Crippen molar-refractivity contribution in [3.05, 3.63) is 35.9 Å². The molecule has 1 aromatic carbocycles. The molecule has 0 radical (unpaired) electrons. The van der Waals surface area contributed by atoms with Gasteiger partial charge in [0.05, 0.1) is 19.0 Å². The lowest BCUT2D eigenvalue weighted by molar-refractivity contribution is 0.0910. The molecular formula is C15H23NO3S. The molecule has 0 aliphatic carbocycles. The van der Waals surface area contributed by atoms with Gasteiger partial charge in [-0.2, -0.15) is 0 Å². The summed E-state index contributed by atoms with van der Waals surface area (Å²) in [7, 11) is -3.04. The molecule has 0 spiro atoms. The number of hydrogen-bond donors (Lipinski definition) is 0. The second kappa shape index (κ2) is 7.20. The first-order valence-corrected chi connectivity index (χ1v) is 8.82. The van der Waals surface area contributed by atoms with Gasteiger partial charge in [-0.15, -0.1) is 0 Å². The first-order valence-electron chi connectivity index (χ1n) is 7.21. The molecule has 1 heterocycles. The Labute approximate surface area is 121 Å². The van der Waals surface area contributed by atoms with Gasteiger partial charge in [0, 0.05) is 13.1 Å². The fraction of sp³-hybridized carbons (Fsp3) is 0.600. The quantitative estimate of drug-likeness (QED) is 0.775. The number of ether oxygens (including phenoxy) is 1. The largest absolute Gasteiger partial charge is 0.376 e. The van der Waals surface area contributed by atoms with Gasteiger partial charge in [-0.1, -0.05) is 37.3 Å². The van der Waals surface area contributed by atoms with E-state index in [4.69, 9.17) is 4.74 Å².